The van der Waals surface area contributed by atoms with Crippen LogP contribution < -0.4 is 9.64 Å². The van der Waals surface area contributed by atoms with E-state index >= 15 is 0 Å². The van der Waals surface area contributed by atoms with Crippen molar-refractivity contribution >= 4 is 11.6 Å². The van der Waals surface area contributed by atoms with Crippen molar-refractivity contribution < 1.29 is 14.6 Å². The Morgan fingerprint density at radius 1 is 1.53 bits per heavy atom. The van der Waals surface area contributed by atoms with E-state index in [0.29, 0.717) is 12.3 Å². The first kappa shape index (κ1) is 9.98. The normalized spacial score (nSPS) is 14.8. The second kappa shape index (κ2) is 3.90. The monoisotopic (exact) mass is 207 g/mol. The van der Waals surface area contributed by atoms with E-state index in [0.717, 1.165) is 11.3 Å². The van der Waals surface area contributed by atoms with Gasteiger partial charge in [-0.3, -0.25) is 4.79 Å². The number of aliphatic hydroxyl groups excluding tert-OH is 1. The van der Waals surface area contributed by atoms with Crippen LogP contribution in [0.4, 0.5) is 5.69 Å². The fourth-order valence-corrected chi connectivity index (χ4v) is 1.69. The van der Waals surface area contributed by atoms with Crippen molar-refractivity contribution in [3.05, 3.63) is 23.8 Å². The number of anilines is 1. The number of hydrogen-bond donors (Lipinski definition) is 1. The fourth-order valence-electron chi connectivity index (χ4n) is 1.69. The van der Waals surface area contributed by atoms with Gasteiger partial charge < -0.3 is 14.7 Å². The molecule has 1 aliphatic rings. The number of amides is 1. The van der Waals surface area contributed by atoms with Gasteiger partial charge in [0.25, 0.3) is 5.91 Å². The summed E-state index contributed by atoms with van der Waals surface area (Å²) in [6.45, 7) is 2.62. The first-order chi connectivity index (χ1) is 7.26. The topological polar surface area (TPSA) is 49.8 Å². The summed E-state index contributed by atoms with van der Waals surface area (Å²) in [7, 11) is 0. The molecule has 0 aromatic heterocycles. The van der Waals surface area contributed by atoms with E-state index in [9.17, 15) is 4.79 Å². The Morgan fingerprint density at radius 3 is 3.00 bits per heavy atom. The molecule has 4 heteroatoms. The second-order valence-corrected chi connectivity index (χ2v) is 3.39. The van der Waals surface area contributed by atoms with E-state index in [1.54, 1.807) is 23.1 Å². The van der Waals surface area contributed by atoms with Crippen LogP contribution in [-0.2, 0) is 11.4 Å². The highest BCUT2D eigenvalue weighted by Gasteiger charge is 2.23. The van der Waals surface area contributed by atoms with Crippen LogP contribution in [0.25, 0.3) is 0 Å². The average molecular weight is 207 g/mol. The predicted octanol–water partition coefficient (Wildman–Crippen LogP) is 0.924. The molecular formula is C11H13NO3. The van der Waals surface area contributed by atoms with E-state index < -0.39 is 0 Å². The molecule has 1 heterocycles. The molecule has 0 fully saturated rings. The predicted molar refractivity (Wildman–Crippen MR) is 55.9 cm³/mol. The smallest absolute Gasteiger partial charge is 0.265 e. The highest BCUT2D eigenvalue weighted by molar-refractivity contribution is 5.97. The minimum absolute atomic E-state index is 0.0172. The van der Waals surface area contributed by atoms with Gasteiger partial charge in [0.2, 0.25) is 0 Å². The third-order valence-corrected chi connectivity index (χ3v) is 2.47. The molecule has 1 aliphatic heterocycles. The summed E-state index contributed by atoms with van der Waals surface area (Å²) < 4.78 is 5.31. The third-order valence-electron chi connectivity index (χ3n) is 2.47. The van der Waals surface area contributed by atoms with Crippen LogP contribution in [-0.4, -0.2) is 24.2 Å². The molecule has 1 aromatic carbocycles. The highest BCUT2D eigenvalue weighted by atomic mass is 16.5. The summed E-state index contributed by atoms with van der Waals surface area (Å²) in [6.07, 6.45) is 0. The SMILES string of the molecule is CCN1C(=O)COc2cc(CO)ccc21. The van der Waals surface area contributed by atoms with Gasteiger partial charge >= 0.3 is 0 Å². The standard InChI is InChI=1S/C11H13NO3/c1-2-12-9-4-3-8(6-13)5-10(9)15-7-11(12)14/h3-5,13H,2,6-7H2,1H3. The molecule has 0 saturated carbocycles. The number of nitrogens with zero attached hydrogens (tertiary/aromatic N) is 1. The second-order valence-electron chi connectivity index (χ2n) is 3.39. The minimum Gasteiger partial charge on any atom is -0.482 e. The number of fused-ring (bicyclic) bond motifs is 1. The molecular weight excluding hydrogens is 194 g/mol. The molecule has 0 spiro atoms. The molecule has 1 N–H and O–H groups in total. The number of carbonyl (C=O) groups excluding carboxylic acids is 1. The van der Waals surface area contributed by atoms with E-state index in [-0.39, 0.29) is 19.1 Å². The lowest BCUT2D eigenvalue weighted by Gasteiger charge is -2.28. The quantitative estimate of drug-likeness (QED) is 0.784. The maximum atomic E-state index is 11.5. The number of aliphatic hydroxyl groups is 1. The summed E-state index contributed by atoms with van der Waals surface area (Å²) >= 11 is 0. The lowest BCUT2D eigenvalue weighted by atomic mass is 10.1. The Hall–Kier alpha value is -1.55. The van der Waals surface area contributed by atoms with Crippen molar-refractivity contribution in [3.63, 3.8) is 0 Å². The molecule has 0 unspecified atom stereocenters. The molecule has 0 atom stereocenters. The van der Waals surface area contributed by atoms with Crippen LogP contribution >= 0.6 is 0 Å². The molecule has 2 rings (SSSR count). The molecule has 80 valence electrons. The largest absolute Gasteiger partial charge is 0.482 e. The van der Waals surface area contributed by atoms with Gasteiger partial charge in [0.05, 0.1) is 12.3 Å². The van der Waals surface area contributed by atoms with Gasteiger partial charge in [-0.2, -0.15) is 0 Å². The molecule has 0 bridgehead atoms. The summed E-state index contributed by atoms with van der Waals surface area (Å²) in [5.41, 5.74) is 1.57. The molecule has 0 aliphatic carbocycles. The molecule has 4 nitrogen and oxygen atoms in total. The zero-order valence-electron chi connectivity index (χ0n) is 8.56. The van der Waals surface area contributed by atoms with Crippen molar-refractivity contribution in [1.82, 2.24) is 0 Å². The molecule has 0 radical (unpaired) electrons. The van der Waals surface area contributed by atoms with Gasteiger partial charge in [0.15, 0.2) is 6.61 Å². The maximum absolute atomic E-state index is 11.5. The number of rotatable bonds is 2. The number of hydrogen-bond acceptors (Lipinski definition) is 3. The van der Waals surface area contributed by atoms with Crippen molar-refractivity contribution in [2.24, 2.45) is 0 Å². The highest BCUT2D eigenvalue weighted by Crippen LogP contribution is 2.32. The van der Waals surface area contributed by atoms with E-state index in [2.05, 4.69) is 0 Å². The Bertz CT molecular complexity index is 389. The van der Waals surface area contributed by atoms with Gasteiger partial charge in [0, 0.05) is 6.54 Å². The van der Waals surface area contributed by atoms with E-state index in [4.69, 9.17) is 9.84 Å². The zero-order chi connectivity index (χ0) is 10.8. The van der Waals surface area contributed by atoms with Crippen LogP contribution in [0.2, 0.25) is 0 Å². The van der Waals surface area contributed by atoms with Crippen LogP contribution in [0.1, 0.15) is 12.5 Å². The summed E-state index contributed by atoms with van der Waals surface area (Å²) in [5.74, 6) is 0.643. The van der Waals surface area contributed by atoms with Crippen LogP contribution in [0, 0.1) is 0 Å². The van der Waals surface area contributed by atoms with E-state index in [1.165, 1.54) is 0 Å². The zero-order valence-corrected chi connectivity index (χ0v) is 8.56. The lowest BCUT2D eigenvalue weighted by molar-refractivity contribution is -0.121. The van der Waals surface area contributed by atoms with Gasteiger partial charge in [0.1, 0.15) is 5.75 Å². The first-order valence-corrected chi connectivity index (χ1v) is 4.93. The van der Waals surface area contributed by atoms with Crippen LogP contribution in [0.15, 0.2) is 18.2 Å². The van der Waals surface area contributed by atoms with E-state index in [1.807, 2.05) is 6.92 Å². The molecule has 15 heavy (non-hydrogen) atoms. The Labute approximate surface area is 88.1 Å². The number of likely N-dealkylation sites (N-methyl/N-ethyl adjacent to an activating group) is 1. The summed E-state index contributed by atoms with van der Waals surface area (Å²) in [4.78, 5) is 13.2. The van der Waals surface area contributed by atoms with Crippen molar-refractivity contribution in [3.8, 4) is 5.75 Å². The van der Waals surface area contributed by atoms with Crippen molar-refractivity contribution in [1.29, 1.82) is 0 Å². The minimum atomic E-state index is -0.0262. The van der Waals surface area contributed by atoms with Gasteiger partial charge in [-0.05, 0) is 24.6 Å². The Balaban J connectivity index is 2.42. The molecule has 1 aromatic rings. The fraction of sp³-hybridized carbons (Fsp3) is 0.364. The van der Waals surface area contributed by atoms with Crippen LogP contribution in [0.3, 0.4) is 0 Å². The third kappa shape index (κ3) is 1.68. The van der Waals surface area contributed by atoms with Gasteiger partial charge in [-0.1, -0.05) is 6.07 Å². The Morgan fingerprint density at radius 2 is 2.33 bits per heavy atom. The van der Waals surface area contributed by atoms with Crippen molar-refractivity contribution in [2.75, 3.05) is 18.1 Å². The average Bonchev–Trinajstić information content (AvgIpc) is 2.28. The number of ether oxygens (including phenoxy) is 1. The summed E-state index contributed by atoms with van der Waals surface area (Å²) in [5, 5.41) is 8.98. The van der Waals surface area contributed by atoms with Gasteiger partial charge in [-0.15, -0.1) is 0 Å². The lowest BCUT2D eigenvalue weighted by Crippen LogP contribution is -2.38. The maximum Gasteiger partial charge on any atom is 0.265 e. The Kier molecular flexibility index (Phi) is 2.60. The molecule has 0 saturated heterocycles. The molecule has 1 amide bonds. The number of benzene rings is 1. The van der Waals surface area contributed by atoms with Crippen LogP contribution in [0.5, 0.6) is 5.75 Å². The van der Waals surface area contributed by atoms with Crippen molar-refractivity contribution in [2.45, 2.75) is 13.5 Å². The first-order valence-electron chi connectivity index (χ1n) is 4.93. The van der Waals surface area contributed by atoms with Gasteiger partial charge in [-0.25, -0.2) is 0 Å². The summed E-state index contributed by atoms with van der Waals surface area (Å²) in [6, 6.07) is 5.37. The number of carbonyl (C=O) groups is 1.